The third-order valence-corrected chi connectivity index (χ3v) is 11.1. The number of anilines is 1. The van der Waals surface area contributed by atoms with Crippen molar-refractivity contribution < 1.29 is 4.79 Å². The van der Waals surface area contributed by atoms with Gasteiger partial charge >= 0.3 is 6.03 Å². The largest absolute Gasteiger partial charge is 0.322 e. The van der Waals surface area contributed by atoms with Crippen LogP contribution < -0.4 is 5.32 Å². The lowest BCUT2D eigenvalue weighted by Gasteiger charge is -2.36. The van der Waals surface area contributed by atoms with Gasteiger partial charge in [0.05, 0.1) is 0 Å². The number of tetrazole rings is 1. The molecule has 1 aromatic heterocycles. The molecule has 0 bridgehead atoms. The maximum atomic E-state index is 14.1. The van der Waals surface area contributed by atoms with Gasteiger partial charge in [-0.25, -0.2) is 9.48 Å². The summed E-state index contributed by atoms with van der Waals surface area (Å²) in [5.41, 5.74) is 9.57. The molecule has 1 heterocycles. The van der Waals surface area contributed by atoms with E-state index in [-0.39, 0.29) is 17.9 Å². The van der Waals surface area contributed by atoms with E-state index in [1.807, 2.05) is 33.8 Å². The summed E-state index contributed by atoms with van der Waals surface area (Å²) in [5, 5.41) is 17.3. The molecule has 1 N–H and O–H groups in total. The van der Waals surface area contributed by atoms with Crippen LogP contribution in [-0.2, 0) is 12.1 Å². The maximum absolute atomic E-state index is 14.1. The Hall–Kier alpha value is -6.34. The summed E-state index contributed by atoms with van der Waals surface area (Å²) in [6.07, 6.45) is 3.10. The molecule has 58 heavy (non-hydrogen) atoms. The smallest absolute Gasteiger partial charge is 0.320 e. The summed E-state index contributed by atoms with van der Waals surface area (Å²) in [7, 11) is 0. The molecule has 6 aromatic carbocycles. The number of nitrogens with one attached hydrogen (secondary N) is 1. The van der Waals surface area contributed by atoms with Crippen molar-refractivity contribution in [2.45, 2.75) is 77.8 Å². The molecular weight excluding hydrogens is 713 g/mol. The van der Waals surface area contributed by atoms with Crippen LogP contribution in [0.15, 0.2) is 158 Å². The second-order valence-electron chi connectivity index (χ2n) is 15.6. The Morgan fingerprint density at radius 2 is 1.16 bits per heavy atom. The zero-order valence-corrected chi connectivity index (χ0v) is 34.3. The predicted octanol–water partition coefficient (Wildman–Crippen LogP) is 12.3. The highest BCUT2D eigenvalue weighted by Gasteiger charge is 2.42. The molecule has 7 nitrogen and oxygen atoms in total. The van der Waals surface area contributed by atoms with Gasteiger partial charge in [-0.05, 0) is 73.2 Å². The molecule has 7 heteroatoms. The second-order valence-corrected chi connectivity index (χ2v) is 15.6. The lowest BCUT2D eigenvalue weighted by molar-refractivity contribution is 0.208. The number of rotatable bonds is 15. The standard InChI is InChI=1S/C51H54N6O/c1-6-7-19-35-56(50(58)52-48-44(37(2)3)29-20-30-45(48)38(4)5)36-39-31-33-40(34-32-39)46-27-17-18-28-47(46)49-53-54-55-57(49)51(41-21-11-8-12-22-41,42-23-13-9-14-24-42)43-25-15-10-16-26-43/h8-18,20-34,37-38H,6-7,19,35-36H2,1-5H3,(H,52,58). The van der Waals surface area contributed by atoms with Gasteiger partial charge in [0, 0.05) is 24.3 Å². The Labute approximate surface area is 343 Å². The highest BCUT2D eigenvalue weighted by atomic mass is 16.2. The van der Waals surface area contributed by atoms with Crippen molar-refractivity contribution in [1.29, 1.82) is 0 Å². The summed E-state index contributed by atoms with van der Waals surface area (Å²) in [6, 6.07) is 54.6. The average Bonchev–Trinajstić information content (AvgIpc) is 3.75. The summed E-state index contributed by atoms with van der Waals surface area (Å²) in [5.74, 6) is 1.22. The van der Waals surface area contributed by atoms with Crippen LogP contribution >= 0.6 is 0 Å². The molecular formula is C51H54N6O. The Bertz CT molecular complexity index is 2270. The normalized spacial score (nSPS) is 11.6. The number of nitrogens with zero attached hydrogens (tertiary/aromatic N) is 5. The van der Waals surface area contributed by atoms with E-state index in [2.05, 4.69) is 179 Å². The molecule has 0 radical (unpaired) electrons. The van der Waals surface area contributed by atoms with Crippen molar-refractivity contribution >= 4 is 11.7 Å². The van der Waals surface area contributed by atoms with Gasteiger partial charge in [0.15, 0.2) is 5.82 Å². The molecule has 0 aliphatic carbocycles. The number of hydrogen-bond acceptors (Lipinski definition) is 4. The van der Waals surface area contributed by atoms with Crippen LogP contribution in [0.2, 0.25) is 0 Å². The van der Waals surface area contributed by atoms with Gasteiger partial charge in [-0.1, -0.05) is 205 Å². The van der Waals surface area contributed by atoms with Gasteiger partial charge in [-0.3, -0.25) is 0 Å². The van der Waals surface area contributed by atoms with E-state index >= 15 is 0 Å². The first-order chi connectivity index (χ1) is 28.3. The third kappa shape index (κ3) is 8.21. The third-order valence-electron chi connectivity index (χ3n) is 11.1. The number of amides is 2. The Morgan fingerprint density at radius 3 is 1.67 bits per heavy atom. The van der Waals surface area contributed by atoms with Crippen LogP contribution in [0.5, 0.6) is 0 Å². The zero-order chi connectivity index (χ0) is 40.5. The molecule has 0 saturated carbocycles. The van der Waals surface area contributed by atoms with Gasteiger partial charge in [-0.2, -0.15) is 0 Å². The molecule has 0 atom stereocenters. The van der Waals surface area contributed by atoms with Crippen LogP contribution in [0.4, 0.5) is 10.5 Å². The van der Waals surface area contributed by atoms with Crippen LogP contribution in [0, 0.1) is 0 Å². The van der Waals surface area contributed by atoms with Gasteiger partial charge in [0.25, 0.3) is 0 Å². The van der Waals surface area contributed by atoms with Crippen molar-refractivity contribution in [3.63, 3.8) is 0 Å². The topological polar surface area (TPSA) is 75.9 Å². The van der Waals surface area contributed by atoms with Crippen molar-refractivity contribution in [2.75, 3.05) is 11.9 Å². The number of urea groups is 1. The summed E-state index contributed by atoms with van der Waals surface area (Å²) < 4.78 is 1.98. The average molecular weight is 767 g/mol. The molecule has 0 unspecified atom stereocenters. The first kappa shape index (κ1) is 39.9. The number of aromatic nitrogens is 4. The van der Waals surface area contributed by atoms with Crippen LogP contribution in [-0.4, -0.2) is 37.7 Å². The van der Waals surface area contributed by atoms with E-state index in [0.717, 1.165) is 75.0 Å². The minimum absolute atomic E-state index is 0.0638. The van der Waals surface area contributed by atoms with E-state index in [1.54, 1.807) is 0 Å². The Balaban J connectivity index is 1.25. The zero-order valence-electron chi connectivity index (χ0n) is 34.3. The van der Waals surface area contributed by atoms with Crippen LogP contribution in [0.3, 0.4) is 0 Å². The van der Waals surface area contributed by atoms with E-state index in [1.165, 1.54) is 0 Å². The highest BCUT2D eigenvalue weighted by Crippen LogP contribution is 2.43. The Morgan fingerprint density at radius 1 is 0.638 bits per heavy atom. The lowest BCUT2D eigenvalue weighted by atomic mass is 9.77. The number of carbonyl (C=O) groups is 1. The Kier molecular flexibility index (Phi) is 12.6. The quantitative estimate of drug-likeness (QED) is 0.0833. The fourth-order valence-electron chi connectivity index (χ4n) is 8.11. The molecule has 0 fully saturated rings. The van der Waals surface area contributed by atoms with Gasteiger partial charge in [0.2, 0.25) is 0 Å². The fourth-order valence-corrected chi connectivity index (χ4v) is 8.11. The molecule has 0 saturated heterocycles. The number of carbonyl (C=O) groups excluding carboxylic acids is 1. The maximum Gasteiger partial charge on any atom is 0.322 e. The van der Waals surface area contributed by atoms with E-state index in [9.17, 15) is 4.79 Å². The van der Waals surface area contributed by atoms with E-state index < -0.39 is 5.54 Å². The minimum atomic E-state index is -0.868. The van der Waals surface area contributed by atoms with Gasteiger partial charge in [-0.15, -0.1) is 5.10 Å². The second kappa shape index (κ2) is 18.3. The predicted molar refractivity (Wildman–Crippen MR) is 237 cm³/mol. The number of hydrogen-bond donors (Lipinski definition) is 1. The molecule has 0 aliphatic rings. The monoisotopic (exact) mass is 766 g/mol. The SMILES string of the molecule is CCCCCN(Cc1ccc(-c2ccccc2-c2nnnn2C(c2ccccc2)(c2ccccc2)c2ccccc2)cc1)C(=O)Nc1c(C(C)C)cccc1C(C)C. The molecule has 0 spiro atoms. The van der Waals surface area contributed by atoms with Crippen molar-refractivity contribution in [1.82, 2.24) is 25.1 Å². The first-order valence-corrected chi connectivity index (χ1v) is 20.7. The minimum Gasteiger partial charge on any atom is -0.320 e. The van der Waals surface area contributed by atoms with Gasteiger partial charge < -0.3 is 10.2 Å². The van der Waals surface area contributed by atoms with Gasteiger partial charge in [0.1, 0.15) is 5.54 Å². The summed E-state index contributed by atoms with van der Waals surface area (Å²) in [4.78, 5) is 16.1. The fraction of sp³-hybridized carbons (Fsp3) is 0.255. The number of para-hydroxylation sites is 1. The molecule has 7 aromatic rings. The molecule has 2 amide bonds. The van der Waals surface area contributed by atoms with Crippen LogP contribution in [0.1, 0.15) is 99.1 Å². The summed E-state index contributed by atoms with van der Waals surface area (Å²) in [6.45, 7) is 12.1. The van der Waals surface area contributed by atoms with Crippen molar-refractivity contribution in [3.05, 3.63) is 191 Å². The highest BCUT2D eigenvalue weighted by molar-refractivity contribution is 5.91. The number of benzene rings is 6. The van der Waals surface area contributed by atoms with E-state index in [4.69, 9.17) is 10.3 Å². The summed E-state index contributed by atoms with van der Waals surface area (Å²) >= 11 is 0. The number of unbranched alkanes of at least 4 members (excludes halogenated alkanes) is 2. The van der Waals surface area contributed by atoms with Crippen molar-refractivity contribution in [3.8, 4) is 22.5 Å². The van der Waals surface area contributed by atoms with E-state index in [0.29, 0.717) is 18.9 Å². The molecule has 7 rings (SSSR count). The van der Waals surface area contributed by atoms with Crippen LogP contribution in [0.25, 0.3) is 22.5 Å². The first-order valence-electron chi connectivity index (χ1n) is 20.7. The lowest BCUT2D eigenvalue weighted by Crippen LogP contribution is -2.39. The van der Waals surface area contributed by atoms with Crippen molar-refractivity contribution in [2.24, 2.45) is 0 Å². The molecule has 0 aliphatic heterocycles. The molecule has 294 valence electrons.